The molecule has 4 saturated heterocycles. The van der Waals surface area contributed by atoms with Crippen LogP contribution in [0.1, 0.15) is 176 Å². The van der Waals surface area contributed by atoms with Gasteiger partial charge in [0.15, 0.2) is 142 Å². The summed E-state index contributed by atoms with van der Waals surface area (Å²) in [6.07, 6.45) is -23.8. The molecule has 4 aliphatic rings. The number of aromatic amines is 4. The topological polar surface area (TPSA) is 711 Å². The first-order valence-electron chi connectivity index (χ1n) is 45.1. The van der Waals surface area contributed by atoms with E-state index in [0.717, 1.165) is 83.1 Å². The molecule has 0 radical (unpaired) electrons. The van der Waals surface area contributed by atoms with Gasteiger partial charge in [-0.15, -0.1) is 0 Å². The average Bonchev–Trinajstić information content (AvgIpc) is 1.73. The zero-order valence-corrected chi connectivity index (χ0v) is 80.5. The largest absolute Gasteiger partial charge is 0.463 e. The van der Waals surface area contributed by atoms with Crippen molar-refractivity contribution in [3.63, 3.8) is 0 Å². The number of nitrogens with one attached hydrogen (secondary N) is 4. The second kappa shape index (κ2) is 42.6. The molecule has 12 N–H and O–H groups in total. The van der Waals surface area contributed by atoms with E-state index in [1.807, 2.05) is 0 Å². The molecule has 0 spiro atoms. The predicted octanol–water partition coefficient (Wildman–Crippen LogP) is 1.02. The number of esters is 12. The molecular weight excluding hydrogens is 1960 g/mol. The molecule has 4 aromatic carbocycles. The van der Waals surface area contributed by atoms with E-state index in [0.29, 0.717) is 22.3 Å². The number of nitrogens with two attached hydrogens (primary N) is 4. The minimum absolute atomic E-state index is 0.235. The van der Waals surface area contributed by atoms with Crippen LogP contribution >= 0.6 is 0 Å². The van der Waals surface area contributed by atoms with Crippen LogP contribution in [0.2, 0.25) is 0 Å². The van der Waals surface area contributed by atoms with Crippen LogP contribution in [0.3, 0.4) is 0 Å². The minimum Gasteiger partial charge on any atom is -0.463 e. The van der Waals surface area contributed by atoms with E-state index in [2.05, 4.69) is 107 Å². The van der Waals surface area contributed by atoms with Gasteiger partial charge >= 0.3 is 71.6 Å². The van der Waals surface area contributed by atoms with E-state index < -0.39 is 248 Å². The molecule has 0 aliphatic carbocycles. The van der Waals surface area contributed by atoms with Gasteiger partial charge in [-0.2, -0.15) is 19.9 Å². The standard InChI is InChI=1S/C97H88N20O32/c1-41(118)134-37-61-73(138-45(5)122)77(142-49(9)126)89(146-61)114-65(102-69-81(114)106-93(98)110-85(69)130)33-21-53-13-25-57(26-14-53)97(58-27-15-54(16-28-58)22-34-66-103-70-82(107-94(99)111-86(70)131)115(66)90-78(143-50(10)127)74(139-46(6)123)62(147-90)38-135-42(2)119,59-29-17-55(18-30-59)23-35-67-104-71-83(108-95(100)112-87(71)132)116(67)91-79(144-51(11)128)75(140-47(7)124)63(148-91)39-136-43(3)120)60-31-19-56(20-32-60)24-36-68-105-72-84(109-96(101)113-88(72)133)117(68)92-80(145-52(12)129)76(141-48(8)125)64(149-92)40-137-44(4)121/h13-20,25-32,61-64,73-80,89-92H,37-40H2,1-12H3,(H3,98,106,110,130)(H3,99,107,111,131)(H3,100,108,112,132)(H3,101,109,113,133)/t61-,62-,63-,64-,73-,74-,75-,76-,77-,78-,79-,80-,89-,90-,91-,92-/m1/s1. The third kappa shape index (κ3) is 21.9. The van der Waals surface area contributed by atoms with Gasteiger partial charge in [-0.25, -0.2) is 19.9 Å². The number of carbonyl (C=O) groups excluding carboxylic acids is 12. The maximum absolute atomic E-state index is 13.9. The smallest absolute Gasteiger partial charge is 0.303 e. The summed E-state index contributed by atoms with van der Waals surface area (Å²) in [6, 6.07) is 26.7. The highest BCUT2D eigenvalue weighted by atomic mass is 16.7. The number of carbonyl (C=O) groups is 12. The Morgan fingerprint density at radius 1 is 0.268 bits per heavy atom. The highest BCUT2D eigenvalue weighted by molar-refractivity contribution is 5.79. The molecule has 149 heavy (non-hydrogen) atoms. The van der Waals surface area contributed by atoms with Crippen LogP contribution in [0.25, 0.3) is 44.7 Å². The maximum atomic E-state index is 13.9. The van der Waals surface area contributed by atoms with Crippen molar-refractivity contribution in [1.82, 2.24) is 78.1 Å². The lowest BCUT2D eigenvalue weighted by Crippen LogP contribution is -2.40. The first-order chi connectivity index (χ1) is 71.0. The van der Waals surface area contributed by atoms with E-state index in [-0.39, 0.29) is 90.2 Å². The molecule has 16 atom stereocenters. The second-order valence-corrected chi connectivity index (χ2v) is 33.8. The number of hydrogen-bond acceptors (Lipinski definition) is 44. The number of nitrogens with zero attached hydrogens (tertiary/aromatic N) is 12. The number of ether oxygens (including phenoxy) is 16. The summed E-state index contributed by atoms with van der Waals surface area (Å²) >= 11 is 0. The molecule has 0 unspecified atom stereocenters. The summed E-state index contributed by atoms with van der Waals surface area (Å²) in [5.41, 5.74) is 19.9. The van der Waals surface area contributed by atoms with Crippen LogP contribution in [-0.4, -0.2) is 249 Å². The van der Waals surface area contributed by atoms with E-state index >= 15 is 0 Å². The highest BCUT2D eigenvalue weighted by Crippen LogP contribution is 2.48. The monoisotopic (exact) mass is 2040 g/mol. The SMILES string of the molecule is CC(=O)OC[C@H]1O[C@@H](n2c(C#Cc3ccc(C(c4ccc(C#Cc5nc6c(=O)[nH]c(N)nc6n5[C@@H]5O[C@H](COC(C)=O)[C@@H](OC(C)=O)[C@H]5OC(C)=O)cc4)(c4ccc(C#Cc5nc6c(=O)[nH]c(N)nc6n5[C@@H]5O[C@H](COC(C)=O)[C@@H](OC(C)=O)[C@H]5OC(C)=O)cc4)c4ccc(C#Cc5nc6c(=O)[nH]c(N)nc6n5[C@@H]5O[C@H](COC(C)=O)[C@@H](OC(C)=O)[C@H]5OC(C)=O)cc4)cc3)nc3c(=O)[nH]c(N)nc32)[C@H](OC(C)=O)[C@@H]1OC(C)=O. The van der Waals surface area contributed by atoms with Gasteiger partial charge < -0.3 is 98.7 Å². The van der Waals surface area contributed by atoms with E-state index in [1.165, 1.54) is 18.3 Å². The molecule has 4 aliphatic heterocycles. The Morgan fingerprint density at radius 3 is 0.611 bits per heavy atom. The molecule has 0 saturated carbocycles. The van der Waals surface area contributed by atoms with Crippen LogP contribution in [0.5, 0.6) is 0 Å². The summed E-state index contributed by atoms with van der Waals surface area (Å²) in [6.45, 7) is 10.9. The van der Waals surface area contributed by atoms with Crippen LogP contribution in [0.4, 0.5) is 23.8 Å². The Morgan fingerprint density at radius 2 is 0.443 bits per heavy atom. The highest BCUT2D eigenvalue weighted by Gasteiger charge is 2.57. The summed E-state index contributed by atoms with van der Waals surface area (Å²) in [7, 11) is 0. The van der Waals surface area contributed by atoms with Crippen molar-refractivity contribution in [3.05, 3.63) is 206 Å². The van der Waals surface area contributed by atoms with Crippen LogP contribution < -0.4 is 45.2 Å². The fourth-order valence-corrected chi connectivity index (χ4v) is 17.6. The van der Waals surface area contributed by atoms with Crippen molar-refractivity contribution in [3.8, 4) is 47.4 Å². The lowest BCUT2D eigenvalue weighted by Gasteiger charge is -2.37. The van der Waals surface area contributed by atoms with E-state index in [4.69, 9.17) is 98.7 Å². The first kappa shape index (κ1) is 103. The number of H-pyrrole nitrogens is 4. The maximum Gasteiger partial charge on any atom is 0.303 e. The van der Waals surface area contributed by atoms with Crippen molar-refractivity contribution in [2.24, 2.45) is 0 Å². The molecule has 52 nitrogen and oxygen atoms in total. The van der Waals surface area contributed by atoms with Gasteiger partial charge in [-0.3, -0.25) is 115 Å². The van der Waals surface area contributed by atoms with Crippen molar-refractivity contribution < 1.29 is 133 Å². The van der Waals surface area contributed by atoms with Gasteiger partial charge in [-0.05, 0) is 94.5 Å². The van der Waals surface area contributed by atoms with Gasteiger partial charge in [-0.1, -0.05) is 72.2 Å². The molecule has 768 valence electrons. The lowest BCUT2D eigenvalue weighted by molar-refractivity contribution is -0.166. The van der Waals surface area contributed by atoms with Crippen LogP contribution in [0, 0.1) is 47.4 Å². The number of benzene rings is 4. The number of aromatic nitrogens is 16. The zero-order chi connectivity index (χ0) is 107. The van der Waals surface area contributed by atoms with E-state index in [9.17, 15) is 76.7 Å². The molecule has 12 heterocycles. The van der Waals surface area contributed by atoms with Crippen molar-refractivity contribution in [1.29, 1.82) is 0 Å². The van der Waals surface area contributed by atoms with Crippen molar-refractivity contribution in [2.75, 3.05) is 49.4 Å². The van der Waals surface area contributed by atoms with Crippen LogP contribution in [0.15, 0.2) is 116 Å². The fraction of sp³-hybridized carbons (Fsp3) is 0.340. The number of hydrogen-bond donors (Lipinski definition) is 8. The van der Waals surface area contributed by atoms with Crippen molar-refractivity contribution >= 4 is 140 Å². The number of rotatable bonds is 24. The Labute approximate surface area is 837 Å². The third-order valence-corrected chi connectivity index (χ3v) is 23.2. The first-order valence-corrected chi connectivity index (χ1v) is 45.1. The molecule has 16 rings (SSSR count). The Kier molecular flexibility index (Phi) is 29.5. The van der Waals surface area contributed by atoms with E-state index in [1.54, 1.807) is 97.1 Å². The summed E-state index contributed by atoms with van der Waals surface area (Å²) in [4.78, 5) is 254. The third-order valence-electron chi connectivity index (χ3n) is 23.2. The molecular formula is C97H88N20O32. The Hall–Kier alpha value is -18.8. The normalized spacial score (nSPS) is 21.1. The zero-order valence-electron chi connectivity index (χ0n) is 80.5. The molecule has 4 fully saturated rings. The lowest BCUT2D eigenvalue weighted by atomic mass is 9.65. The average molecular weight is 2050 g/mol. The quantitative estimate of drug-likeness (QED) is 0.0181. The molecule has 0 amide bonds. The van der Waals surface area contributed by atoms with Gasteiger partial charge in [0.25, 0.3) is 22.2 Å². The van der Waals surface area contributed by atoms with Crippen molar-refractivity contribution in [2.45, 2.75) is 187 Å². The Balaban J connectivity index is 0.901. The fourth-order valence-electron chi connectivity index (χ4n) is 17.6. The molecule has 8 aromatic heterocycles. The van der Waals surface area contributed by atoms with Gasteiger partial charge in [0.1, 0.15) is 50.8 Å². The summed E-state index contributed by atoms with van der Waals surface area (Å²) in [5.74, 6) is 11.7. The van der Waals surface area contributed by atoms with Gasteiger partial charge in [0, 0.05) is 105 Å². The minimum atomic E-state index is -1.67. The van der Waals surface area contributed by atoms with Gasteiger partial charge in [0.05, 0.1) is 5.41 Å². The summed E-state index contributed by atoms with van der Waals surface area (Å²) < 4.78 is 97.8. The van der Waals surface area contributed by atoms with Gasteiger partial charge in [0.2, 0.25) is 23.8 Å². The number of imidazole rings is 4. The number of nitrogen functional groups attached to an aromatic ring is 4. The molecule has 0 bridgehead atoms. The van der Waals surface area contributed by atoms with Crippen LogP contribution in [-0.2, 0) is 139 Å². The number of fused-ring (bicyclic) bond motifs is 4. The predicted molar refractivity (Wildman–Crippen MR) is 506 cm³/mol. The molecule has 52 heteroatoms. The Bertz CT molecular complexity index is 7080. The molecule has 12 aromatic rings. The number of anilines is 4. The second-order valence-electron chi connectivity index (χ2n) is 33.8. The summed E-state index contributed by atoms with van der Waals surface area (Å²) in [5, 5.41) is 0.